The van der Waals surface area contributed by atoms with E-state index in [1.807, 2.05) is 19.1 Å². The Morgan fingerprint density at radius 2 is 2.15 bits per heavy atom. The van der Waals surface area contributed by atoms with Crippen LogP contribution in [0.5, 0.6) is 0 Å². The molecule has 0 amide bonds. The SMILES string of the molecule is CCOC(=O)c1ccnc(Nc2ccc(C)nc2)c1N. The second-order valence-electron chi connectivity index (χ2n) is 4.15. The molecule has 0 saturated carbocycles. The number of carbonyl (C=O) groups excluding carboxylic acids is 1. The zero-order chi connectivity index (χ0) is 14.5. The Labute approximate surface area is 117 Å². The first-order chi connectivity index (χ1) is 9.61. The van der Waals surface area contributed by atoms with E-state index in [1.54, 1.807) is 13.1 Å². The highest BCUT2D eigenvalue weighted by Crippen LogP contribution is 2.24. The van der Waals surface area contributed by atoms with Gasteiger partial charge in [-0.3, -0.25) is 4.98 Å². The predicted molar refractivity (Wildman–Crippen MR) is 76.9 cm³/mol. The van der Waals surface area contributed by atoms with Gasteiger partial charge in [-0.05, 0) is 32.0 Å². The summed E-state index contributed by atoms with van der Waals surface area (Å²) in [6.45, 7) is 3.94. The molecule has 0 aromatic carbocycles. The fraction of sp³-hybridized carbons (Fsp3) is 0.214. The summed E-state index contributed by atoms with van der Waals surface area (Å²) in [7, 11) is 0. The van der Waals surface area contributed by atoms with Crippen molar-refractivity contribution in [2.45, 2.75) is 13.8 Å². The summed E-state index contributed by atoms with van der Waals surface area (Å²) in [5, 5.41) is 3.03. The van der Waals surface area contributed by atoms with Crippen LogP contribution in [0.4, 0.5) is 17.2 Å². The van der Waals surface area contributed by atoms with E-state index >= 15 is 0 Å². The van der Waals surface area contributed by atoms with E-state index in [9.17, 15) is 4.79 Å². The van der Waals surface area contributed by atoms with Gasteiger partial charge in [0.15, 0.2) is 5.82 Å². The fourth-order valence-electron chi connectivity index (χ4n) is 1.64. The number of carbonyl (C=O) groups is 1. The van der Waals surface area contributed by atoms with Gasteiger partial charge in [0.25, 0.3) is 0 Å². The molecule has 6 heteroatoms. The highest BCUT2D eigenvalue weighted by atomic mass is 16.5. The summed E-state index contributed by atoms with van der Waals surface area (Å²) in [5.74, 6) is -0.0568. The Bertz CT molecular complexity index is 611. The third kappa shape index (κ3) is 3.03. The minimum Gasteiger partial charge on any atom is -0.462 e. The second-order valence-corrected chi connectivity index (χ2v) is 4.15. The molecular formula is C14H16N4O2. The lowest BCUT2D eigenvalue weighted by Crippen LogP contribution is -2.10. The number of nitrogen functional groups attached to an aromatic ring is 1. The number of rotatable bonds is 4. The van der Waals surface area contributed by atoms with Crippen LogP contribution in [0.2, 0.25) is 0 Å². The van der Waals surface area contributed by atoms with Gasteiger partial charge in [-0.25, -0.2) is 9.78 Å². The number of aromatic nitrogens is 2. The first-order valence-electron chi connectivity index (χ1n) is 6.23. The van der Waals surface area contributed by atoms with E-state index in [0.29, 0.717) is 18.0 Å². The molecule has 2 aromatic rings. The monoisotopic (exact) mass is 272 g/mol. The van der Waals surface area contributed by atoms with Crippen LogP contribution in [0.25, 0.3) is 0 Å². The van der Waals surface area contributed by atoms with Crippen LogP contribution in [-0.4, -0.2) is 22.5 Å². The lowest BCUT2D eigenvalue weighted by molar-refractivity contribution is 0.0527. The van der Waals surface area contributed by atoms with Crippen LogP contribution in [0.3, 0.4) is 0 Å². The predicted octanol–water partition coefficient (Wildman–Crippen LogP) is 2.29. The van der Waals surface area contributed by atoms with Gasteiger partial charge in [0.1, 0.15) is 0 Å². The molecule has 0 radical (unpaired) electrons. The van der Waals surface area contributed by atoms with E-state index in [-0.39, 0.29) is 5.69 Å². The number of pyridine rings is 2. The molecule has 3 N–H and O–H groups in total. The second kappa shape index (κ2) is 6.01. The first kappa shape index (κ1) is 13.8. The number of ether oxygens (including phenoxy) is 1. The smallest absolute Gasteiger partial charge is 0.340 e. The Hall–Kier alpha value is -2.63. The number of nitrogens with two attached hydrogens (primary N) is 1. The quantitative estimate of drug-likeness (QED) is 0.830. The van der Waals surface area contributed by atoms with Crippen molar-refractivity contribution in [1.29, 1.82) is 0 Å². The van der Waals surface area contributed by atoms with E-state index in [0.717, 1.165) is 11.4 Å². The van der Waals surface area contributed by atoms with Gasteiger partial charge in [-0.1, -0.05) is 0 Å². The summed E-state index contributed by atoms with van der Waals surface area (Å²) < 4.78 is 4.94. The summed E-state index contributed by atoms with van der Waals surface area (Å²) in [4.78, 5) is 20.0. The molecule has 2 heterocycles. The molecule has 6 nitrogen and oxygen atoms in total. The van der Waals surface area contributed by atoms with E-state index < -0.39 is 5.97 Å². The first-order valence-corrected chi connectivity index (χ1v) is 6.23. The summed E-state index contributed by atoms with van der Waals surface area (Å²) in [6.07, 6.45) is 3.18. The number of nitrogens with one attached hydrogen (secondary N) is 1. The number of anilines is 3. The van der Waals surface area contributed by atoms with Gasteiger partial charge >= 0.3 is 5.97 Å². The van der Waals surface area contributed by atoms with Crippen molar-refractivity contribution in [1.82, 2.24) is 9.97 Å². The van der Waals surface area contributed by atoms with Crippen molar-refractivity contribution in [2.75, 3.05) is 17.7 Å². The Kier molecular flexibility index (Phi) is 4.14. The van der Waals surface area contributed by atoms with Gasteiger partial charge in [0.05, 0.1) is 29.7 Å². The van der Waals surface area contributed by atoms with Gasteiger partial charge in [0.2, 0.25) is 0 Å². The Morgan fingerprint density at radius 1 is 1.35 bits per heavy atom. The van der Waals surface area contributed by atoms with Crippen molar-refractivity contribution in [2.24, 2.45) is 0 Å². The van der Waals surface area contributed by atoms with Crippen LogP contribution >= 0.6 is 0 Å². The third-order valence-electron chi connectivity index (χ3n) is 2.66. The lowest BCUT2D eigenvalue weighted by atomic mass is 10.2. The third-order valence-corrected chi connectivity index (χ3v) is 2.66. The molecule has 0 bridgehead atoms. The van der Waals surface area contributed by atoms with E-state index in [4.69, 9.17) is 10.5 Å². The maximum atomic E-state index is 11.7. The molecule has 2 rings (SSSR count). The minimum absolute atomic E-state index is 0.256. The summed E-state index contributed by atoms with van der Waals surface area (Å²) >= 11 is 0. The standard InChI is InChI=1S/C14H16N4O2/c1-3-20-14(19)11-6-7-16-13(12(11)15)18-10-5-4-9(2)17-8-10/h4-8H,3,15H2,1-2H3,(H,16,18). The van der Waals surface area contributed by atoms with E-state index in [2.05, 4.69) is 15.3 Å². The van der Waals surface area contributed by atoms with Gasteiger partial charge < -0.3 is 15.8 Å². The topological polar surface area (TPSA) is 90.1 Å². The molecule has 0 aliphatic carbocycles. The van der Waals surface area contributed by atoms with Gasteiger partial charge in [0, 0.05) is 11.9 Å². The molecule has 0 saturated heterocycles. The molecule has 0 aliphatic heterocycles. The highest BCUT2D eigenvalue weighted by Gasteiger charge is 2.14. The van der Waals surface area contributed by atoms with Crippen LogP contribution in [-0.2, 0) is 4.74 Å². The van der Waals surface area contributed by atoms with Crippen LogP contribution in [0, 0.1) is 6.92 Å². The van der Waals surface area contributed by atoms with Crippen molar-refractivity contribution >= 4 is 23.2 Å². The Balaban J connectivity index is 2.26. The van der Waals surface area contributed by atoms with Crippen molar-refractivity contribution < 1.29 is 9.53 Å². The molecule has 2 aromatic heterocycles. The molecular weight excluding hydrogens is 256 g/mol. The zero-order valence-corrected chi connectivity index (χ0v) is 11.4. The molecule has 0 unspecified atom stereocenters. The van der Waals surface area contributed by atoms with Crippen LogP contribution < -0.4 is 11.1 Å². The highest BCUT2D eigenvalue weighted by molar-refractivity contribution is 5.97. The number of aryl methyl sites for hydroxylation is 1. The average Bonchev–Trinajstić information content (AvgIpc) is 2.44. The van der Waals surface area contributed by atoms with Crippen molar-refractivity contribution in [3.63, 3.8) is 0 Å². The van der Waals surface area contributed by atoms with Gasteiger partial charge in [-0.15, -0.1) is 0 Å². The summed E-state index contributed by atoms with van der Waals surface area (Å²) in [6, 6.07) is 5.26. The minimum atomic E-state index is -0.461. The molecule has 0 aliphatic rings. The Morgan fingerprint density at radius 3 is 2.80 bits per heavy atom. The number of nitrogens with zero attached hydrogens (tertiary/aromatic N) is 2. The summed E-state index contributed by atoms with van der Waals surface area (Å²) in [5.41, 5.74) is 8.16. The molecule has 104 valence electrons. The fourth-order valence-corrected chi connectivity index (χ4v) is 1.64. The molecule has 0 fully saturated rings. The van der Waals surface area contributed by atoms with Crippen LogP contribution in [0.1, 0.15) is 23.0 Å². The van der Waals surface area contributed by atoms with Gasteiger partial charge in [-0.2, -0.15) is 0 Å². The van der Waals surface area contributed by atoms with E-state index in [1.165, 1.54) is 12.3 Å². The average molecular weight is 272 g/mol. The zero-order valence-electron chi connectivity index (χ0n) is 11.4. The molecule has 0 spiro atoms. The van der Waals surface area contributed by atoms with Crippen molar-refractivity contribution in [3.8, 4) is 0 Å². The normalized spacial score (nSPS) is 10.1. The number of esters is 1. The largest absolute Gasteiger partial charge is 0.462 e. The maximum absolute atomic E-state index is 11.7. The van der Waals surface area contributed by atoms with Crippen LogP contribution in [0.15, 0.2) is 30.6 Å². The number of hydrogen-bond donors (Lipinski definition) is 2. The molecule has 20 heavy (non-hydrogen) atoms. The van der Waals surface area contributed by atoms with Crippen molar-refractivity contribution in [3.05, 3.63) is 41.9 Å². The maximum Gasteiger partial charge on any atom is 0.340 e. The number of hydrogen-bond acceptors (Lipinski definition) is 6. The lowest BCUT2D eigenvalue weighted by Gasteiger charge is -2.11. The molecule has 0 atom stereocenters.